The van der Waals surface area contributed by atoms with Gasteiger partial charge < -0.3 is 14.5 Å². The molecule has 0 spiro atoms. The van der Waals surface area contributed by atoms with Crippen LogP contribution < -0.4 is 4.90 Å². The maximum absolute atomic E-state index is 16.1. The van der Waals surface area contributed by atoms with Gasteiger partial charge in [-0.25, -0.2) is 4.39 Å². The Hall–Kier alpha value is -1.46. The van der Waals surface area contributed by atoms with Gasteiger partial charge in [0.1, 0.15) is 5.67 Å². The monoisotopic (exact) mass is 444 g/mol. The topological polar surface area (TPSA) is 32.8 Å². The number of anilines is 1. The Morgan fingerprint density at radius 1 is 1.12 bits per heavy atom. The number of likely N-dealkylation sites (tertiary alicyclic amines) is 1. The minimum absolute atomic E-state index is 0.0440. The van der Waals surface area contributed by atoms with E-state index in [9.17, 15) is 4.79 Å². The minimum Gasteiger partial charge on any atom is -0.376 e. The first-order chi connectivity index (χ1) is 15.2. The summed E-state index contributed by atoms with van der Waals surface area (Å²) in [5.74, 6) is 0.797. The minimum atomic E-state index is -1.31. The summed E-state index contributed by atoms with van der Waals surface area (Å²) < 4.78 is 21.9. The lowest BCUT2D eigenvalue weighted by atomic mass is 9.86. The number of halogens is 1. The Morgan fingerprint density at radius 2 is 1.78 bits per heavy atom. The van der Waals surface area contributed by atoms with E-state index in [2.05, 4.69) is 18.7 Å². The van der Waals surface area contributed by atoms with Gasteiger partial charge in [-0.3, -0.25) is 4.79 Å². The van der Waals surface area contributed by atoms with Gasteiger partial charge in [-0.2, -0.15) is 0 Å². The molecule has 1 aliphatic carbocycles. The summed E-state index contributed by atoms with van der Waals surface area (Å²) in [6.07, 6.45) is 7.26. The molecule has 1 aromatic rings. The van der Waals surface area contributed by atoms with Gasteiger partial charge >= 0.3 is 0 Å². The van der Waals surface area contributed by atoms with Gasteiger partial charge in [0.15, 0.2) is 0 Å². The van der Waals surface area contributed by atoms with Crippen LogP contribution in [0, 0.1) is 18.8 Å². The lowest BCUT2D eigenvalue weighted by molar-refractivity contribution is -0.122. The molecule has 1 saturated carbocycles. The van der Waals surface area contributed by atoms with Gasteiger partial charge in [-0.1, -0.05) is 30.5 Å². The molecule has 3 fully saturated rings. The summed E-state index contributed by atoms with van der Waals surface area (Å²) >= 11 is 0. The smallest absolute Gasteiger partial charge is 0.230 e. The fraction of sp³-hybridized carbons (Fsp3) is 0.741. The van der Waals surface area contributed by atoms with Gasteiger partial charge in [0.05, 0.1) is 12.1 Å². The molecular formula is C27H41FN2O2. The van der Waals surface area contributed by atoms with Crippen molar-refractivity contribution in [3.8, 4) is 0 Å². The lowest BCUT2D eigenvalue weighted by Gasteiger charge is -2.42. The van der Waals surface area contributed by atoms with Crippen LogP contribution in [0.25, 0.3) is 0 Å². The molecule has 2 aliphatic heterocycles. The van der Waals surface area contributed by atoms with Gasteiger partial charge in [0.2, 0.25) is 5.91 Å². The zero-order valence-corrected chi connectivity index (χ0v) is 20.2. The number of hydrogen-bond donors (Lipinski definition) is 0. The molecule has 3 aliphatic rings. The van der Waals surface area contributed by atoms with Crippen LogP contribution in [0.2, 0.25) is 0 Å². The largest absolute Gasteiger partial charge is 0.376 e. The van der Waals surface area contributed by atoms with Crippen LogP contribution in [0.5, 0.6) is 0 Å². The maximum atomic E-state index is 16.1. The molecule has 1 atom stereocenters. The van der Waals surface area contributed by atoms with Crippen LogP contribution in [-0.2, 0) is 9.53 Å². The fourth-order valence-corrected chi connectivity index (χ4v) is 5.87. The van der Waals surface area contributed by atoms with Gasteiger partial charge in [-0.15, -0.1) is 0 Å². The zero-order chi connectivity index (χ0) is 22.8. The Balaban J connectivity index is 1.39. The van der Waals surface area contributed by atoms with Crippen molar-refractivity contribution in [1.82, 2.24) is 4.90 Å². The van der Waals surface area contributed by atoms with Crippen LogP contribution >= 0.6 is 0 Å². The third-order valence-electron chi connectivity index (χ3n) is 7.83. The molecule has 5 heteroatoms. The van der Waals surface area contributed by atoms with Crippen molar-refractivity contribution < 1.29 is 13.9 Å². The molecule has 0 aromatic heterocycles. The zero-order valence-electron chi connectivity index (χ0n) is 20.2. The van der Waals surface area contributed by atoms with Crippen LogP contribution in [0.4, 0.5) is 10.1 Å². The normalized spacial score (nSPS) is 26.2. The molecule has 0 bridgehead atoms. The van der Waals surface area contributed by atoms with Crippen molar-refractivity contribution in [2.45, 2.75) is 83.4 Å². The summed E-state index contributed by atoms with van der Waals surface area (Å²) in [4.78, 5) is 17.6. The quantitative estimate of drug-likeness (QED) is 0.579. The highest BCUT2D eigenvalue weighted by atomic mass is 19.1. The second-order valence-corrected chi connectivity index (χ2v) is 11.2. The summed E-state index contributed by atoms with van der Waals surface area (Å²) in [5, 5.41) is 0. The van der Waals surface area contributed by atoms with E-state index in [0.717, 1.165) is 76.0 Å². The fourth-order valence-electron chi connectivity index (χ4n) is 5.87. The number of piperidine rings is 1. The average Bonchev–Trinajstić information content (AvgIpc) is 3.29. The Morgan fingerprint density at radius 3 is 2.41 bits per heavy atom. The van der Waals surface area contributed by atoms with E-state index >= 15 is 4.39 Å². The number of benzene rings is 1. The van der Waals surface area contributed by atoms with Crippen LogP contribution in [0.1, 0.15) is 70.8 Å². The number of rotatable bonds is 6. The summed E-state index contributed by atoms with van der Waals surface area (Å²) in [7, 11) is 0. The summed E-state index contributed by atoms with van der Waals surface area (Å²) in [6, 6.07) is 8.00. The molecule has 2 heterocycles. The van der Waals surface area contributed by atoms with Crippen molar-refractivity contribution in [3.63, 3.8) is 0 Å². The second-order valence-electron chi connectivity index (χ2n) is 11.2. The van der Waals surface area contributed by atoms with Crippen molar-refractivity contribution in [2.24, 2.45) is 11.8 Å². The number of hydrogen-bond acceptors (Lipinski definition) is 3. The van der Waals surface area contributed by atoms with Crippen LogP contribution in [0.3, 0.4) is 0 Å². The molecule has 1 unspecified atom stereocenters. The van der Waals surface area contributed by atoms with Crippen LogP contribution in [0.15, 0.2) is 24.3 Å². The third-order valence-corrected chi connectivity index (χ3v) is 7.83. The molecule has 0 N–H and O–H groups in total. The van der Waals surface area contributed by atoms with Crippen molar-refractivity contribution in [1.29, 1.82) is 0 Å². The summed E-state index contributed by atoms with van der Waals surface area (Å²) in [6.45, 7) is 9.97. The molecule has 4 rings (SSSR count). The van der Waals surface area contributed by atoms with Crippen molar-refractivity contribution in [2.75, 3.05) is 37.7 Å². The van der Waals surface area contributed by atoms with E-state index < -0.39 is 5.67 Å². The highest BCUT2D eigenvalue weighted by Gasteiger charge is 2.40. The Labute approximate surface area is 193 Å². The van der Waals surface area contributed by atoms with E-state index in [1.165, 1.54) is 0 Å². The molecule has 178 valence electrons. The number of amides is 1. The van der Waals surface area contributed by atoms with E-state index in [1.807, 2.05) is 31.2 Å². The molecule has 0 radical (unpaired) electrons. The third kappa shape index (κ3) is 5.91. The maximum Gasteiger partial charge on any atom is 0.230 e. The van der Waals surface area contributed by atoms with Gasteiger partial charge in [-0.05, 0) is 77.3 Å². The highest BCUT2D eigenvalue weighted by molar-refractivity contribution is 5.95. The van der Waals surface area contributed by atoms with Crippen molar-refractivity contribution in [3.05, 3.63) is 29.8 Å². The van der Waals surface area contributed by atoms with Crippen LogP contribution in [-0.4, -0.2) is 54.9 Å². The highest BCUT2D eigenvalue weighted by Crippen LogP contribution is 2.35. The molecule has 2 saturated heterocycles. The first kappa shape index (κ1) is 23.7. The number of carbonyl (C=O) groups is 1. The van der Waals surface area contributed by atoms with Gasteiger partial charge in [0, 0.05) is 37.8 Å². The molecule has 1 aromatic carbocycles. The number of ether oxygens (including phenoxy) is 1. The van der Waals surface area contributed by atoms with Crippen molar-refractivity contribution >= 4 is 11.6 Å². The SMILES string of the molecule is Cc1ccc(N(CC2(F)CCN(CC3CCOC(C)(C)C3)CC2)C(=O)C2CCCC2)cc1. The standard InChI is InChI=1S/C27H41FN2O2/c1-21-8-10-24(11-9-21)30(25(31)23-6-4-5-7-23)20-27(28)13-15-29(16-14-27)19-22-12-17-32-26(2,3)18-22/h8-11,22-23H,4-7,12-20H2,1-3H3. The second kappa shape index (κ2) is 9.80. The van der Waals surface area contributed by atoms with E-state index in [4.69, 9.17) is 4.74 Å². The average molecular weight is 445 g/mol. The Kier molecular flexibility index (Phi) is 7.26. The number of alkyl halides is 1. The molecule has 32 heavy (non-hydrogen) atoms. The molecule has 4 nitrogen and oxygen atoms in total. The molecular weight excluding hydrogens is 403 g/mol. The number of nitrogens with zero attached hydrogens (tertiary/aromatic N) is 2. The van der Waals surface area contributed by atoms with E-state index in [1.54, 1.807) is 4.90 Å². The van der Waals surface area contributed by atoms with E-state index in [0.29, 0.717) is 18.8 Å². The first-order valence-electron chi connectivity index (χ1n) is 12.7. The van der Waals surface area contributed by atoms with E-state index in [-0.39, 0.29) is 24.0 Å². The first-order valence-corrected chi connectivity index (χ1v) is 12.7. The lowest BCUT2D eigenvalue weighted by Crippen LogP contribution is -2.52. The predicted octanol–water partition coefficient (Wildman–Crippen LogP) is 5.53. The molecule has 1 amide bonds. The number of carbonyl (C=O) groups excluding carboxylic acids is 1. The predicted molar refractivity (Wildman–Crippen MR) is 128 cm³/mol. The van der Waals surface area contributed by atoms with Gasteiger partial charge in [0.25, 0.3) is 0 Å². The summed E-state index contributed by atoms with van der Waals surface area (Å²) in [5.41, 5.74) is 0.639. The Bertz CT molecular complexity index is 764. The number of aryl methyl sites for hydroxylation is 1.